The Morgan fingerprint density at radius 3 is 2.71 bits per heavy atom. The molecule has 0 atom stereocenters. The lowest BCUT2D eigenvalue weighted by atomic mass is 10.2. The highest BCUT2D eigenvalue weighted by atomic mass is 32.1. The predicted molar refractivity (Wildman–Crippen MR) is 86.4 cm³/mol. The van der Waals surface area contributed by atoms with Gasteiger partial charge in [0.1, 0.15) is 5.69 Å². The molecule has 0 radical (unpaired) electrons. The van der Waals surface area contributed by atoms with Crippen molar-refractivity contribution in [1.29, 1.82) is 0 Å². The van der Waals surface area contributed by atoms with Crippen LogP contribution in [0.1, 0.15) is 29.9 Å². The Bertz CT molecular complexity index is 540. The molecular formula is C16H21N3OS. The van der Waals surface area contributed by atoms with Crippen LogP contribution in [0.3, 0.4) is 0 Å². The van der Waals surface area contributed by atoms with Crippen molar-refractivity contribution >= 4 is 17.2 Å². The molecule has 0 saturated carbocycles. The molecule has 1 N–H and O–H groups in total. The Morgan fingerprint density at radius 2 is 2.10 bits per heavy atom. The standard InChI is InChI=1S/C16H21N3OS/c1-13(2)17-8-9-19(10-14-6-4-3-5-7-14)16(20)15-11-21-12-18-15/h3-7,11-13,17H,8-10H2,1-2H3. The molecule has 1 heterocycles. The van der Waals surface area contributed by atoms with Crippen molar-refractivity contribution in [3.63, 3.8) is 0 Å². The second-order valence-corrected chi connectivity index (χ2v) is 5.91. The van der Waals surface area contributed by atoms with E-state index in [0.717, 1.165) is 12.1 Å². The SMILES string of the molecule is CC(C)NCCN(Cc1ccccc1)C(=O)c1cscn1. The van der Waals surface area contributed by atoms with E-state index in [9.17, 15) is 4.79 Å². The number of aromatic nitrogens is 1. The summed E-state index contributed by atoms with van der Waals surface area (Å²) in [6.07, 6.45) is 0. The molecule has 0 fully saturated rings. The molecule has 1 amide bonds. The minimum atomic E-state index is -0.00865. The van der Waals surface area contributed by atoms with E-state index < -0.39 is 0 Å². The third kappa shape index (κ3) is 4.95. The first-order chi connectivity index (χ1) is 10.2. The van der Waals surface area contributed by atoms with Crippen LogP contribution in [-0.4, -0.2) is 34.9 Å². The van der Waals surface area contributed by atoms with Crippen molar-refractivity contribution in [2.75, 3.05) is 13.1 Å². The Hall–Kier alpha value is -1.72. The van der Waals surface area contributed by atoms with Gasteiger partial charge in [-0.2, -0.15) is 0 Å². The highest BCUT2D eigenvalue weighted by Crippen LogP contribution is 2.10. The predicted octanol–water partition coefficient (Wildman–Crippen LogP) is 2.78. The van der Waals surface area contributed by atoms with Crippen LogP contribution in [0.2, 0.25) is 0 Å². The van der Waals surface area contributed by atoms with E-state index in [0.29, 0.717) is 24.8 Å². The number of amides is 1. The number of carbonyl (C=O) groups is 1. The van der Waals surface area contributed by atoms with E-state index in [1.807, 2.05) is 35.2 Å². The molecular weight excluding hydrogens is 282 g/mol. The summed E-state index contributed by atoms with van der Waals surface area (Å²) < 4.78 is 0. The number of thiazole rings is 1. The van der Waals surface area contributed by atoms with Crippen LogP contribution in [0.25, 0.3) is 0 Å². The van der Waals surface area contributed by atoms with Crippen LogP contribution in [0.15, 0.2) is 41.2 Å². The summed E-state index contributed by atoms with van der Waals surface area (Å²) in [4.78, 5) is 18.5. The maximum Gasteiger partial charge on any atom is 0.273 e. The van der Waals surface area contributed by atoms with E-state index in [1.54, 1.807) is 10.9 Å². The number of nitrogens with one attached hydrogen (secondary N) is 1. The van der Waals surface area contributed by atoms with Crippen LogP contribution < -0.4 is 5.32 Å². The van der Waals surface area contributed by atoms with Crippen molar-refractivity contribution in [3.8, 4) is 0 Å². The summed E-state index contributed by atoms with van der Waals surface area (Å²) in [5, 5.41) is 5.15. The van der Waals surface area contributed by atoms with Crippen LogP contribution >= 0.6 is 11.3 Å². The van der Waals surface area contributed by atoms with Crippen LogP contribution in [-0.2, 0) is 6.54 Å². The summed E-state index contributed by atoms with van der Waals surface area (Å²) >= 11 is 1.45. The van der Waals surface area contributed by atoms with Gasteiger partial charge < -0.3 is 10.2 Å². The lowest BCUT2D eigenvalue weighted by Crippen LogP contribution is -2.38. The van der Waals surface area contributed by atoms with Crippen LogP contribution in [0, 0.1) is 0 Å². The molecule has 0 aliphatic heterocycles. The first kappa shape index (κ1) is 15.7. The lowest BCUT2D eigenvalue weighted by Gasteiger charge is -2.23. The smallest absolute Gasteiger partial charge is 0.273 e. The summed E-state index contributed by atoms with van der Waals surface area (Å²) in [6, 6.07) is 10.5. The van der Waals surface area contributed by atoms with Crippen molar-refractivity contribution < 1.29 is 4.79 Å². The van der Waals surface area contributed by atoms with Crippen molar-refractivity contribution in [1.82, 2.24) is 15.2 Å². The molecule has 2 rings (SSSR count). The van der Waals surface area contributed by atoms with Gasteiger partial charge >= 0.3 is 0 Å². The van der Waals surface area contributed by atoms with Gasteiger partial charge in [-0.3, -0.25) is 4.79 Å². The molecule has 2 aromatic rings. The van der Waals surface area contributed by atoms with E-state index in [4.69, 9.17) is 0 Å². The zero-order valence-electron chi connectivity index (χ0n) is 12.5. The quantitative estimate of drug-likeness (QED) is 0.855. The zero-order valence-corrected chi connectivity index (χ0v) is 13.3. The molecule has 5 heteroatoms. The maximum absolute atomic E-state index is 12.5. The third-order valence-corrected chi connectivity index (χ3v) is 3.68. The molecule has 0 aliphatic carbocycles. The Morgan fingerprint density at radius 1 is 1.33 bits per heavy atom. The number of hydrogen-bond donors (Lipinski definition) is 1. The summed E-state index contributed by atoms with van der Waals surface area (Å²) in [5.41, 5.74) is 3.35. The Balaban J connectivity index is 2.04. The number of carbonyl (C=O) groups excluding carboxylic acids is 1. The van der Waals surface area contributed by atoms with Crippen molar-refractivity contribution in [2.24, 2.45) is 0 Å². The summed E-state index contributed by atoms with van der Waals surface area (Å²) in [5.74, 6) is -0.00865. The number of rotatable bonds is 7. The van der Waals surface area contributed by atoms with E-state index in [1.165, 1.54) is 11.3 Å². The van der Waals surface area contributed by atoms with Gasteiger partial charge in [-0.05, 0) is 5.56 Å². The summed E-state index contributed by atoms with van der Waals surface area (Å²) in [7, 11) is 0. The van der Waals surface area contributed by atoms with Crippen molar-refractivity contribution in [3.05, 3.63) is 52.5 Å². The van der Waals surface area contributed by atoms with Crippen LogP contribution in [0.4, 0.5) is 0 Å². The minimum Gasteiger partial charge on any atom is -0.332 e. The Kier molecular flexibility index (Phi) is 5.90. The second-order valence-electron chi connectivity index (χ2n) is 5.19. The van der Waals surface area contributed by atoms with Crippen molar-refractivity contribution in [2.45, 2.75) is 26.4 Å². The second kappa shape index (κ2) is 7.90. The topological polar surface area (TPSA) is 45.2 Å². The van der Waals surface area contributed by atoms with Gasteiger partial charge in [-0.15, -0.1) is 11.3 Å². The fourth-order valence-electron chi connectivity index (χ4n) is 2.02. The van der Waals surface area contributed by atoms with Crippen LogP contribution in [0.5, 0.6) is 0 Å². The minimum absolute atomic E-state index is 0.00865. The maximum atomic E-state index is 12.5. The highest BCUT2D eigenvalue weighted by Gasteiger charge is 2.17. The molecule has 21 heavy (non-hydrogen) atoms. The van der Waals surface area contributed by atoms with Gasteiger partial charge in [0.15, 0.2) is 0 Å². The monoisotopic (exact) mass is 303 g/mol. The molecule has 0 saturated heterocycles. The van der Waals surface area contributed by atoms with Gasteiger partial charge in [-0.1, -0.05) is 44.2 Å². The average molecular weight is 303 g/mol. The molecule has 1 aromatic carbocycles. The van der Waals surface area contributed by atoms with Gasteiger partial charge in [0, 0.05) is 31.1 Å². The number of benzene rings is 1. The first-order valence-electron chi connectivity index (χ1n) is 7.11. The van der Waals surface area contributed by atoms with E-state index in [2.05, 4.69) is 24.1 Å². The molecule has 4 nitrogen and oxygen atoms in total. The Labute approximate surface area is 129 Å². The number of nitrogens with zero attached hydrogens (tertiary/aromatic N) is 2. The first-order valence-corrected chi connectivity index (χ1v) is 8.06. The van der Waals surface area contributed by atoms with Gasteiger partial charge in [0.05, 0.1) is 5.51 Å². The molecule has 0 unspecified atom stereocenters. The zero-order chi connectivity index (χ0) is 15.1. The molecule has 0 spiro atoms. The third-order valence-electron chi connectivity index (χ3n) is 3.09. The molecule has 0 aliphatic rings. The molecule has 0 bridgehead atoms. The fourth-order valence-corrected chi connectivity index (χ4v) is 2.55. The highest BCUT2D eigenvalue weighted by molar-refractivity contribution is 7.07. The average Bonchev–Trinajstić information content (AvgIpc) is 3.00. The molecule has 112 valence electrons. The van der Waals surface area contributed by atoms with E-state index in [-0.39, 0.29) is 5.91 Å². The lowest BCUT2D eigenvalue weighted by molar-refractivity contribution is 0.0738. The largest absolute Gasteiger partial charge is 0.332 e. The normalized spacial score (nSPS) is 10.8. The number of hydrogen-bond acceptors (Lipinski definition) is 4. The fraction of sp³-hybridized carbons (Fsp3) is 0.375. The van der Waals surface area contributed by atoms with Gasteiger partial charge in [0.25, 0.3) is 5.91 Å². The van der Waals surface area contributed by atoms with Gasteiger partial charge in [0.2, 0.25) is 0 Å². The molecule has 1 aromatic heterocycles. The van der Waals surface area contributed by atoms with E-state index >= 15 is 0 Å². The van der Waals surface area contributed by atoms with Gasteiger partial charge in [-0.25, -0.2) is 4.98 Å². The summed E-state index contributed by atoms with van der Waals surface area (Å²) in [6.45, 7) is 6.26.